The van der Waals surface area contributed by atoms with Crippen molar-refractivity contribution in [1.29, 1.82) is 0 Å². The lowest BCUT2D eigenvalue weighted by Gasteiger charge is -2.10. The third-order valence-corrected chi connectivity index (χ3v) is 2.78. The van der Waals surface area contributed by atoms with Crippen LogP contribution in [0.3, 0.4) is 0 Å². The third-order valence-electron chi connectivity index (χ3n) is 2.78. The SMILES string of the molecule is CNc1cc(Oc2c(C)cc(C)cc2[N+](=O)[O-])nc(N)n1. The Morgan fingerprint density at radius 1 is 1.29 bits per heavy atom. The Morgan fingerprint density at radius 2 is 2.00 bits per heavy atom. The maximum absolute atomic E-state index is 11.2. The van der Waals surface area contributed by atoms with E-state index >= 15 is 0 Å². The predicted octanol–water partition coefficient (Wildman–Crippen LogP) is 2.42. The van der Waals surface area contributed by atoms with Crippen LogP contribution in [0.15, 0.2) is 18.2 Å². The summed E-state index contributed by atoms with van der Waals surface area (Å²) in [5, 5.41) is 14.0. The topological polar surface area (TPSA) is 116 Å². The van der Waals surface area contributed by atoms with Gasteiger partial charge in [0, 0.05) is 19.2 Å². The number of aryl methyl sites for hydroxylation is 2. The van der Waals surface area contributed by atoms with Crippen molar-refractivity contribution in [1.82, 2.24) is 9.97 Å². The largest absolute Gasteiger partial charge is 0.431 e. The molecule has 2 aromatic rings. The van der Waals surface area contributed by atoms with E-state index in [2.05, 4.69) is 15.3 Å². The lowest BCUT2D eigenvalue weighted by molar-refractivity contribution is -0.385. The molecule has 8 nitrogen and oxygen atoms in total. The van der Waals surface area contributed by atoms with E-state index in [4.69, 9.17) is 10.5 Å². The van der Waals surface area contributed by atoms with Crippen molar-refractivity contribution in [2.24, 2.45) is 0 Å². The minimum atomic E-state index is -0.487. The van der Waals surface area contributed by atoms with Gasteiger partial charge in [-0.3, -0.25) is 10.1 Å². The number of nitro benzene ring substituents is 1. The van der Waals surface area contributed by atoms with Crippen molar-refractivity contribution in [3.63, 3.8) is 0 Å². The molecule has 0 unspecified atom stereocenters. The molecule has 21 heavy (non-hydrogen) atoms. The molecule has 8 heteroatoms. The van der Waals surface area contributed by atoms with Gasteiger partial charge in [0.1, 0.15) is 5.82 Å². The molecule has 110 valence electrons. The molecule has 0 saturated carbocycles. The highest BCUT2D eigenvalue weighted by molar-refractivity contribution is 5.55. The zero-order chi connectivity index (χ0) is 15.6. The first kappa shape index (κ1) is 14.5. The highest BCUT2D eigenvalue weighted by Gasteiger charge is 2.20. The van der Waals surface area contributed by atoms with Gasteiger partial charge < -0.3 is 15.8 Å². The molecular formula is C13H15N5O3. The summed E-state index contributed by atoms with van der Waals surface area (Å²) >= 11 is 0. The Bertz CT molecular complexity index is 702. The normalized spacial score (nSPS) is 10.2. The number of nitrogens with zero attached hydrogens (tertiary/aromatic N) is 3. The van der Waals surface area contributed by atoms with Gasteiger partial charge in [-0.05, 0) is 25.0 Å². The Kier molecular flexibility index (Phi) is 3.88. The molecule has 0 spiro atoms. The maximum Gasteiger partial charge on any atom is 0.312 e. The summed E-state index contributed by atoms with van der Waals surface area (Å²) in [7, 11) is 1.67. The van der Waals surface area contributed by atoms with Crippen molar-refractivity contribution in [3.8, 4) is 11.6 Å². The van der Waals surface area contributed by atoms with Crippen LogP contribution < -0.4 is 15.8 Å². The average Bonchev–Trinajstić information content (AvgIpc) is 2.40. The van der Waals surface area contributed by atoms with E-state index < -0.39 is 4.92 Å². The number of benzene rings is 1. The number of nitrogens with two attached hydrogens (primary N) is 1. The second-order valence-electron chi connectivity index (χ2n) is 4.49. The van der Waals surface area contributed by atoms with E-state index in [1.165, 1.54) is 12.1 Å². The smallest absolute Gasteiger partial charge is 0.312 e. The summed E-state index contributed by atoms with van der Waals surface area (Å²) in [5.74, 6) is 0.766. The van der Waals surface area contributed by atoms with Crippen molar-refractivity contribution in [3.05, 3.63) is 39.4 Å². The Morgan fingerprint density at radius 3 is 2.62 bits per heavy atom. The third kappa shape index (κ3) is 3.16. The van der Waals surface area contributed by atoms with Crippen molar-refractivity contribution < 1.29 is 9.66 Å². The molecule has 1 aromatic carbocycles. The molecule has 0 aliphatic heterocycles. The molecule has 0 atom stereocenters. The number of ether oxygens (including phenoxy) is 1. The lowest BCUT2D eigenvalue weighted by Crippen LogP contribution is -2.03. The number of nitrogen functional groups attached to an aromatic ring is 1. The summed E-state index contributed by atoms with van der Waals surface area (Å²) in [6.07, 6.45) is 0. The van der Waals surface area contributed by atoms with Gasteiger partial charge in [0.2, 0.25) is 17.6 Å². The van der Waals surface area contributed by atoms with Crippen LogP contribution in [0.5, 0.6) is 11.6 Å². The van der Waals surface area contributed by atoms with E-state index in [0.717, 1.165) is 5.56 Å². The van der Waals surface area contributed by atoms with Gasteiger partial charge in [-0.15, -0.1) is 0 Å². The molecule has 0 fully saturated rings. The number of nitro groups is 1. The number of anilines is 2. The van der Waals surface area contributed by atoms with Crippen LogP contribution in [0.1, 0.15) is 11.1 Å². The fourth-order valence-corrected chi connectivity index (χ4v) is 1.93. The zero-order valence-electron chi connectivity index (χ0n) is 11.9. The minimum absolute atomic E-state index is 0.0178. The monoisotopic (exact) mass is 289 g/mol. The standard InChI is InChI=1S/C13H15N5O3/c1-7-4-8(2)12(9(5-7)18(19)20)21-11-6-10(15-3)16-13(14)17-11/h4-6H,1-3H3,(H3,14,15,16,17). The second-order valence-corrected chi connectivity index (χ2v) is 4.49. The van der Waals surface area contributed by atoms with E-state index in [-0.39, 0.29) is 23.3 Å². The maximum atomic E-state index is 11.2. The van der Waals surface area contributed by atoms with E-state index in [1.807, 2.05) is 0 Å². The van der Waals surface area contributed by atoms with Gasteiger partial charge >= 0.3 is 5.69 Å². The molecule has 3 N–H and O–H groups in total. The van der Waals surface area contributed by atoms with Crippen LogP contribution in [0.4, 0.5) is 17.5 Å². The number of hydrogen-bond acceptors (Lipinski definition) is 7. The van der Waals surface area contributed by atoms with Gasteiger partial charge in [-0.1, -0.05) is 6.07 Å². The Labute approximate surface area is 121 Å². The first-order chi connectivity index (χ1) is 9.90. The molecule has 0 saturated heterocycles. The van der Waals surface area contributed by atoms with Gasteiger partial charge in [-0.2, -0.15) is 9.97 Å². The van der Waals surface area contributed by atoms with E-state index in [9.17, 15) is 10.1 Å². The van der Waals surface area contributed by atoms with Gasteiger partial charge in [0.15, 0.2) is 0 Å². The molecule has 1 aromatic heterocycles. The zero-order valence-corrected chi connectivity index (χ0v) is 11.9. The van der Waals surface area contributed by atoms with Crippen LogP contribution in [0.25, 0.3) is 0 Å². The molecule has 2 rings (SSSR count). The summed E-state index contributed by atoms with van der Waals surface area (Å²) in [6.45, 7) is 3.52. The summed E-state index contributed by atoms with van der Waals surface area (Å²) in [6, 6.07) is 4.76. The average molecular weight is 289 g/mol. The van der Waals surface area contributed by atoms with E-state index in [0.29, 0.717) is 11.4 Å². The number of rotatable bonds is 4. The number of nitrogens with one attached hydrogen (secondary N) is 1. The number of hydrogen-bond donors (Lipinski definition) is 2. The fourth-order valence-electron chi connectivity index (χ4n) is 1.93. The Hall–Kier alpha value is -2.90. The molecule has 0 radical (unpaired) electrons. The molecule has 1 heterocycles. The molecule has 0 bridgehead atoms. The second kappa shape index (κ2) is 5.61. The fraction of sp³-hybridized carbons (Fsp3) is 0.231. The highest BCUT2D eigenvalue weighted by Crippen LogP contribution is 2.35. The predicted molar refractivity (Wildman–Crippen MR) is 78.6 cm³/mol. The van der Waals surface area contributed by atoms with Gasteiger partial charge in [0.05, 0.1) is 4.92 Å². The van der Waals surface area contributed by atoms with Crippen LogP contribution in [0, 0.1) is 24.0 Å². The summed E-state index contributed by atoms with van der Waals surface area (Å²) in [4.78, 5) is 18.5. The lowest BCUT2D eigenvalue weighted by atomic mass is 10.1. The van der Waals surface area contributed by atoms with E-state index in [1.54, 1.807) is 27.0 Å². The highest BCUT2D eigenvalue weighted by atomic mass is 16.6. The van der Waals surface area contributed by atoms with Gasteiger partial charge in [-0.25, -0.2) is 0 Å². The van der Waals surface area contributed by atoms with Crippen LogP contribution >= 0.6 is 0 Å². The van der Waals surface area contributed by atoms with Crippen LogP contribution in [0.2, 0.25) is 0 Å². The summed E-state index contributed by atoms with van der Waals surface area (Å²) < 4.78 is 5.57. The van der Waals surface area contributed by atoms with Crippen LogP contribution in [-0.4, -0.2) is 21.9 Å². The van der Waals surface area contributed by atoms with Gasteiger partial charge in [0.25, 0.3) is 0 Å². The first-order valence-electron chi connectivity index (χ1n) is 6.16. The summed E-state index contributed by atoms with van der Waals surface area (Å²) in [5.41, 5.74) is 6.88. The van der Waals surface area contributed by atoms with Crippen molar-refractivity contribution in [2.45, 2.75) is 13.8 Å². The molecule has 0 aliphatic carbocycles. The first-order valence-corrected chi connectivity index (χ1v) is 6.16. The molecule has 0 amide bonds. The Balaban J connectivity index is 2.48. The molecular weight excluding hydrogens is 274 g/mol. The number of aromatic nitrogens is 2. The quantitative estimate of drug-likeness (QED) is 0.655. The molecule has 0 aliphatic rings. The van der Waals surface area contributed by atoms with Crippen molar-refractivity contribution >= 4 is 17.5 Å². The van der Waals surface area contributed by atoms with Crippen LogP contribution in [-0.2, 0) is 0 Å². The van der Waals surface area contributed by atoms with Crippen molar-refractivity contribution in [2.75, 3.05) is 18.1 Å². The minimum Gasteiger partial charge on any atom is -0.431 e.